The van der Waals surface area contributed by atoms with Crippen molar-refractivity contribution in [1.82, 2.24) is 10.0 Å². The number of aliphatic carboxylic acids is 1. The van der Waals surface area contributed by atoms with Crippen molar-refractivity contribution >= 4 is 11.9 Å². The molecule has 0 bridgehead atoms. The van der Waals surface area contributed by atoms with Crippen molar-refractivity contribution in [3.05, 3.63) is 0 Å². The van der Waals surface area contributed by atoms with Gasteiger partial charge in [0.2, 0.25) is 5.91 Å². The van der Waals surface area contributed by atoms with Gasteiger partial charge in [-0.15, -0.1) is 0 Å². The van der Waals surface area contributed by atoms with Gasteiger partial charge in [-0.3, -0.25) is 14.6 Å². The number of hydrogen-bond donors (Lipinski definition) is 1. The minimum Gasteiger partial charge on any atom is -0.480 e. The van der Waals surface area contributed by atoms with Crippen molar-refractivity contribution in [3.8, 4) is 0 Å². The SMILES string of the molecule is CC(C(=O)O)N1CCC(=O)N1C(C)C. The first kappa shape index (κ1) is 11.0. The van der Waals surface area contributed by atoms with Crippen LogP contribution in [0.4, 0.5) is 0 Å². The molecule has 1 atom stereocenters. The van der Waals surface area contributed by atoms with Crippen LogP contribution in [0.2, 0.25) is 0 Å². The quantitative estimate of drug-likeness (QED) is 0.712. The summed E-state index contributed by atoms with van der Waals surface area (Å²) in [5.74, 6) is -0.890. The molecule has 1 rings (SSSR count). The number of carboxylic acids is 1. The molecule has 0 saturated carbocycles. The summed E-state index contributed by atoms with van der Waals surface area (Å²) in [4.78, 5) is 22.2. The van der Waals surface area contributed by atoms with E-state index in [2.05, 4.69) is 0 Å². The van der Waals surface area contributed by atoms with Crippen molar-refractivity contribution < 1.29 is 14.7 Å². The van der Waals surface area contributed by atoms with Gasteiger partial charge in [0.1, 0.15) is 6.04 Å². The van der Waals surface area contributed by atoms with Crippen LogP contribution in [0.3, 0.4) is 0 Å². The molecule has 5 nitrogen and oxygen atoms in total. The Morgan fingerprint density at radius 1 is 1.43 bits per heavy atom. The third kappa shape index (κ3) is 1.87. The Hall–Kier alpha value is -1.10. The van der Waals surface area contributed by atoms with Crippen LogP contribution in [0.15, 0.2) is 0 Å². The fourth-order valence-electron chi connectivity index (χ4n) is 1.67. The Labute approximate surface area is 83.3 Å². The van der Waals surface area contributed by atoms with Gasteiger partial charge < -0.3 is 5.11 Å². The van der Waals surface area contributed by atoms with Gasteiger partial charge in [0.15, 0.2) is 0 Å². The summed E-state index contributed by atoms with van der Waals surface area (Å²) in [6.45, 7) is 5.86. The van der Waals surface area contributed by atoms with Crippen molar-refractivity contribution in [2.45, 2.75) is 39.3 Å². The lowest BCUT2D eigenvalue weighted by atomic mass is 10.3. The number of amides is 1. The molecule has 1 aliphatic heterocycles. The van der Waals surface area contributed by atoms with E-state index in [1.165, 1.54) is 0 Å². The highest BCUT2D eigenvalue weighted by atomic mass is 16.4. The van der Waals surface area contributed by atoms with Crippen LogP contribution < -0.4 is 0 Å². The topological polar surface area (TPSA) is 60.9 Å². The molecule has 0 spiro atoms. The standard InChI is InChI=1S/C9H16N2O3/c1-6(2)11-8(12)4-5-10(11)7(3)9(13)14/h6-7H,4-5H2,1-3H3,(H,13,14). The van der Waals surface area contributed by atoms with Gasteiger partial charge in [-0.25, -0.2) is 5.01 Å². The molecule has 1 aliphatic rings. The average molecular weight is 200 g/mol. The summed E-state index contributed by atoms with van der Waals surface area (Å²) < 4.78 is 0. The van der Waals surface area contributed by atoms with Gasteiger partial charge in [-0.1, -0.05) is 0 Å². The summed E-state index contributed by atoms with van der Waals surface area (Å²) >= 11 is 0. The monoisotopic (exact) mass is 200 g/mol. The van der Waals surface area contributed by atoms with E-state index in [1.807, 2.05) is 13.8 Å². The predicted molar refractivity (Wildman–Crippen MR) is 50.4 cm³/mol. The van der Waals surface area contributed by atoms with Crippen LogP contribution in [0.1, 0.15) is 27.2 Å². The predicted octanol–water partition coefficient (Wildman–Crippen LogP) is 0.317. The number of hydrazine groups is 1. The Morgan fingerprint density at radius 3 is 2.43 bits per heavy atom. The molecule has 80 valence electrons. The van der Waals surface area contributed by atoms with E-state index < -0.39 is 12.0 Å². The lowest BCUT2D eigenvalue weighted by Crippen LogP contribution is -2.50. The minimum absolute atomic E-state index is 0.00750. The van der Waals surface area contributed by atoms with E-state index in [4.69, 9.17) is 5.11 Å². The number of carboxylic acid groups (broad SMARTS) is 1. The van der Waals surface area contributed by atoms with Gasteiger partial charge >= 0.3 is 5.97 Å². The number of rotatable bonds is 3. The molecule has 1 unspecified atom stereocenters. The molecular formula is C9H16N2O3. The van der Waals surface area contributed by atoms with Gasteiger partial charge in [-0.2, -0.15) is 0 Å². The molecule has 0 aromatic carbocycles. The highest BCUT2D eigenvalue weighted by Gasteiger charge is 2.36. The Morgan fingerprint density at radius 2 is 2.00 bits per heavy atom. The molecule has 5 heteroatoms. The summed E-state index contributed by atoms with van der Waals surface area (Å²) in [6, 6.07) is -0.615. The minimum atomic E-state index is -0.898. The number of carbonyl (C=O) groups excluding carboxylic acids is 1. The Kier molecular flexibility index (Phi) is 3.10. The second-order valence-electron chi connectivity index (χ2n) is 3.76. The van der Waals surface area contributed by atoms with Crippen LogP contribution in [0, 0.1) is 0 Å². The van der Waals surface area contributed by atoms with Gasteiger partial charge in [0.25, 0.3) is 0 Å². The second kappa shape index (κ2) is 3.96. The van der Waals surface area contributed by atoms with Gasteiger partial charge in [-0.05, 0) is 20.8 Å². The second-order valence-corrected chi connectivity index (χ2v) is 3.76. The molecule has 1 saturated heterocycles. The molecular weight excluding hydrogens is 184 g/mol. The van der Waals surface area contributed by atoms with E-state index in [9.17, 15) is 9.59 Å². The van der Waals surface area contributed by atoms with E-state index in [0.717, 1.165) is 0 Å². The molecule has 1 heterocycles. The molecule has 0 aliphatic carbocycles. The van der Waals surface area contributed by atoms with Crippen LogP contribution in [0.25, 0.3) is 0 Å². The Bertz CT molecular complexity index is 252. The molecule has 0 aromatic rings. The van der Waals surface area contributed by atoms with Crippen molar-refractivity contribution in [3.63, 3.8) is 0 Å². The first-order valence-corrected chi connectivity index (χ1v) is 4.76. The van der Waals surface area contributed by atoms with Crippen LogP contribution in [-0.4, -0.2) is 45.6 Å². The molecule has 0 aromatic heterocycles. The fourth-order valence-corrected chi connectivity index (χ4v) is 1.67. The summed E-state index contributed by atoms with van der Waals surface area (Å²) in [6.07, 6.45) is 0.412. The van der Waals surface area contributed by atoms with Crippen molar-refractivity contribution in [1.29, 1.82) is 0 Å². The Balaban J connectivity index is 2.79. The van der Waals surface area contributed by atoms with E-state index in [1.54, 1.807) is 16.9 Å². The largest absolute Gasteiger partial charge is 0.480 e. The smallest absolute Gasteiger partial charge is 0.322 e. The molecule has 0 radical (unpaired) electrons. The lowest BCUT2D eigenvalue weighted by Gasteiger charge is -2.33. The molecule has 1 N–H and O–H groups in total. The maximum absolute atomic E-state index is 11.4. The van der Waals surface area contributed by atoms with Crippen LogP contribution in [-0.2, 0) is 9.59 Å². The number of nitrogens with zero attached hydrogens (tertiary/aromatic N) is 2. The molecule has 1 fully saturated rings. The highest BCUT2D eigenvalue weighted by molar-refractivity contribution is 5.80. The molecule has 1 amide bonds. The van der Waals surface area contributed by atoms with Crippen LogP contribution >= 0.6 is 0 Å². The zero-order chi connectivity index (χ0) is 10.9. The third-order valence-electron chi connectivity index (χ3n) is 2.38. The third-order valence-corrected chi connectivity index (χ3v) is 2.38. The van der Waals surface area contributed by atoms with E-state index >= 15 is 0 Å². The zero-order valence-electron chi connectivity index (χ0n) is 8.73. The number of hydrogen-bond acceptors (Lipinski definition) is 3. The van der Waals surface area contributed by atoms with Crippen LogP contribution in [0.5, 0.6) is 0 Å². The average Bonchev–Trinajstić information content (AvgIpc) is 2.45. The van der Waals surface area contributed by atoms with Crippen molar-refractivity contribution in [2.24, 2.45) is 0 Å². The summed E-state index contributed by atoms with van der Waals surface area (Å²) in [5.41, 5.74) is 0. The number of carbonyl (C=O) groups is 2. The first-order valence-electron chi connectivity index (χ1n) is 4.76. The van der Waals surface area contributed by atoms with Crippen molar-refractivity contribution in [2.75, 3.05) is 6.54 Å². The molecule has 14 heavy (non-hydrogen) atoms. The maximum Gasteiger partial charge on any atom is 0.322 e. The maximum atomic E-state index is 11.4. The van der Waals surface area contributed by atoms with E-state index in [0.29, 0.717) is 13.0 Å². The summed E-state index contributed by atoms with van der Waals surface area (Å²) in [5, 5.41) is 12.0. The van der Waals surface area contributed by atoms with Gasteiger partial charge in [0.05, 0.1) is 0 Å². The zero-order valence-corrected chi connectivity index (χ0v) is 8.73. The summed E-state index contributed by atoms with van der Waals surface area (Å²) in [7, 11) is 0. The normalized spacial score (nSPS) is 20.6. The highest BCUT2D eigenvalue weighted by Crippen LogP contribution is 2.18. The van der Waals surface area contributed by atoms with E-state index in [-0.39, 0.29) is 11.9 Å². The first-order chi connectivity index (χ1) is 6.45. The lowest BCUT2D eigenvalue weighted by molar-refractivity contribution is -0.157. The fraction of sp³-hybridized carbons (Fsp3) is 0.778. The van der Waals surface area contributed by atoms with Gasteiger partial charge in [0, 0.05) is 19.0 Å².